The van der Waals surface area contributed by atoms with Crippen LogP contribution in [0.25, 0.3) is 0 Å². The van der Waals surface area contributed by atoms with Crippen LogP contribution in [0.1, 0.15) is 5.56 Å². The Morgan fingerprint density at radius 2 is 1.48 bits per heavy atom. The molecule has 2 nitrogen and oxygen atoms in total. The Balaban J connectivity index is 2.40. The Labute approximate surface area is 137 Å². The smallest absolute Gasteiger partial charge is 0.339 e. The van der Waals surface area contributed by atoms with Gasteiger partial charge in [0.25, 0.3) is 0 Å². The van der Waals surface area contributed by atoms with Crippen molar-refractivity contribution >= 4 is 57.9 Å². The lowest BCUT2D eigenvalue weighted by molar-refractivity contribution is -0.137. The molecule has 1 aromatic heterocycles. The van der Waals surface area contributed by atoms with Crippen molar-refractivity contribution in [1.29, 1.82) is 0 Å². The monoisotopic (exact) mass is 374 g/mol. The van der Waals surface area contributed by atoms with Gasteiger partial charge in [0.1, 0.15) is 11.0 Å². The first-order valence-corrected chi connectivity index (χ1v) is 6.84. The summed E-state index contributed by atoms with van der Waals surface area (Å²) in [4.78, 5) is 3.76. The van der Waals surface area contributed by atoms with E-state index in [1.807, 2.05) is 0 Å². The summed E-state index contributed by atoms with van der Waals surface area (Å²) in [6.07, 6.45) is -4.54. The summed E-state index contributed by atoms with van der Waals surface area (Å²) in [7, 11) is 0. The highest BCUT2D eigenvalue weighted by Crippen LogP contribution is 2.36. The third-order valence-electron chi connectivity index (χ3n) is 2.39. The van der Waals surface area contributed by atoms with Crippen LogP contribution in [0.4, 0.5) is 24.7 Å². The van der Waals surface area contributed by atoms with Crippen molar-refractivity contribution in [2.24, 2.45) is 0 Å². The van der Waals surface area contributed by atoms with Crippen LogP contribution in [0.2, 0.25) is 20.2 Å². The molecule has 0 aliphatic heterocycles. The van der Waals surface area contributed by atoms with E-state index in [0.29, 0.717) is 0 Å². The van der Waals surface area contributed by atoms with Gasteiger partial charge in [-0.05, 0) is 24.3 Å². The van der Waals surface area contributed by atoms with Gasteiger partial charge < -0.3 is 5.32 Å². The predicted molar refractivity (Wildman–Crippen MR) is 79.0 cm³/mol. The molecular formula is C12H5Cl4F3N2. The fraction of sp³-hybridized carbons (Fsp3) is 0.0833. The molecule has 0 aliphatic carbocycles. The molecule has 0 radical (unpaired) electrons. The van der Waals surface area contributed by atoms with E-state index in [2.05, 4.69) is 10.3 Å². The summed E-state index contributed by atoms with van der Waals surface area (Å²) in [6.45, 7) is 0. The maximum atomic E-state index is 12.7. The zero-order valence-corrected chi connectivity index (χ0v) is 12.9. The predicted octanol–water partition coefficient (Wildman–Crippen LogP) is 6.46. The SMILES string of the molecule is FC(F)(F)c1cc(Cl)nc(Nc2cc(Cl)c(Cl)cc2Cl)c1. The minimum Gasteiger partial charge on any atom is -0.339 e. The third-order valence-corrected chi connectivity index (χ3v) is 3.62. The van der Waals surface area contributed by atoms with Crippen molar-refractivity contribution < 1.29 is 13.2 Å². The van der Waals surface area contributed by atoms with Crippen LogP contribution in [0.3, 0.4) is 0 Å². The third kappa shape index (κ3) is 4.07. The number of aromatic nitrogens is 1. The molecule has 0 fully saturated rings. The minimum atomic E-state index is -4.54. The summed E-state index contributed by atoms with van der Waals surface area (Å²) < 4.78 is 38.1. The van der Waals surface area contributed by atoms with E-state index >= 15 is 0 Å². The zero-order chi connectivity index (χ0) is 15.8. The molecule has 2 aromatic rings. The lowest BCUT2D eigenvalue weighted by Gasteiger charge is -2.12. The molecule has 9 heteroatoms. The standard InChI is InChI=1S/C12H5Cl4F3N2/c13-6-3-8(15)9(4-7(6)14)20-11-2-5(12(17,18)19)1-10(16)21-11/h1-4H,(H,20,21). The summed E-state index contributed by atoms with van der Waals surface area (Å²) in [5, 5.41) is 2.92. The van der Waals surface area contributed by atoms with E-state index in [1.54, 1.807) is 0 Å². The second-order valence-corrected chi connectivity index (χ2v) is 5.54. The number of nitrogens with zero attached hydrogens (tertiary/aromatic N) is 1. The number of pyridine rings is 1. The summed E-state index contributed by atoms with van der Waals surface area (Å²) in [5.74, 6) is -0.116. The van der Waals surface area contributed by atoms with Crippen molar-refractivity contribution in [2.45, 2.75) is 6.18 Å². The van der Waals surface area contributed by atoms with E-state index in [9.17, 15) is 13.2 Å². The zero-order valence-electron chi connectivity index (χ0n) is 9.90. The molecule has 0 saturated carbocycles. The van der Waals surface area contributed by atoms with E-state index in [1.165, 1.54) is 12.1 Å². The van der Waals surface area contributed by atoms with Crippen LogP contribution in [-0.4, -0.2) is 4.98 Å². The van der Waals surface area contributed by atoms with Gasteiger partial charge in [-0.25, -0.2) is 4.98 Å². The topological polar surface area (TPSA) is 24.9 Å². The van der Waals surface area contributed by atoms with Crippen molar-refractivity contribution in [3.05, 3.63) is 50.0 Å². The first-order valence-electron chi connectivity index (χ1n) is 5.33. The average Bonchev–Trinajstić information content (AvgIpc) is 2.34. The number of alkyl halides is 3. The highest BCUT2D eigenvalue weighted by atomic mass is 35.5. The van der Waals surface area contributed by atoms with Crippen LogP contribution < -0.4 is 5.32 Å². The Hall–Kier alpha value is -0.880. The minimum absolute atomic E-state index is 0.116. The largest absolute Gasteiger partial charge is 0.416 e. The Kier molecular flexibility index (Phi) is 4.78. The number of anilines is 2. The number of nitrogens with one attached hydrogen (secondary N) is 1. The summed E-state index contributed by atoms with van der Waals surface area (Å²) in [6, 6.07) is 4.28. The highest BCUT2D eigenvalue weighted by molar-refractivity contribution is 6.44. The summed E-state index contributed by atoms with van der Waals surface area (Å²) >= 11 is 23.1. The number of rotatable bonds is 2. The molecule has 2 rings (SSSR count). The molecule has 1 aromatic carbocycles. The lowest BCUT2D eigenvalue weighted by Crippen LogP contribution is -2.07. The second kappa shape index (κ2) is 6.08. The number of hydrogen-bond donors (Lipinski definition) is 1. The number of hydrogen-bond acceptors (Lipinski definition) is 2. The Morgan fingerprint density at radius 3 is 2.10 bits per heavy atom. The van der Waals surface area contributed by atoms with E-state index < -0.39 is 11.7 Å². The van der Waals surface area contributed by atoms with Crippen LogP contribution in [0.15, 0.2) is 24.3 Å². The second-order valence-electron chi connectivity index (χ2n) is 3.93. The molecule has 0 atom stereocenters. The molecule has 0 saturated heterocycles. The van der Waals surface area contributed by atoms with Crippen molar-refractivity contribution in [2.75, 3.05) is 5.32 Å². The number of benzene rings is 1. The lowest BCUT2D eigenvalue weighted by atomic mass is 10.2. The molecular weight excluding hydrogens is 371 g/mol. The van der Waals surface area contributed by atoms with Crippen molar-refractivity contribution in [3.8, 4) is 0 Å². The van der Waals surface area contributed by atoms with E-state index in [0.717, 1.165) is 12.1 Å². The molecule has 112 valence electrons. The molecule has 21 heavy (non-hydrogen) atoms. The molecule has 0 bridgehead atoms. The van der Waals surface area contributed by atoms with Gasteiger partial charge in [-0.3, -0.25) is 0 Å². The molecule has 1 N–H and O–H groups in total. The molecule has 0 unspecified atom stereocenters. The van der Waals surface area contributed by atoms with Gasteiger partial charge in [0.2, 0.25) is 0 Å². The van der Waals surface area contributed by atoms with Gasteiger partial charge >= 0.3 is 6.18 Å². The van der Waals surface area contributed by atoms with Crippen molar-refractivity contribution in [1.82, 2.24) is 4.98 Å². The fourth-order valence-corrected chi connectivity index (χ4v) is 2.28. The fourth-order valence-electron chi connectivity index (χ4n) is 1.48. The molecule has 0 spiro atoms. The van der Waals surface area contributed by atoms with Gasteiger partial charge in [0.15, 0.2) is 0 Å². The first-order chi connectivity index (χ1) is 9.66. The molecule has 0 aliphatic rings. The average molecular weight is 376 g/mol. The normalized spacial score (nSPS) is 11.6. The highest BCUT2D eigenvalue weighted by Gasteiger charge is 2.31. The van der Waals surface area contributed by atoms with Crippen LogP contribution in [0, 0.1) is 0 Å². The summed E-state index contributed by atoms with van der Waals surface area (Å²) in [5.41, 5.74) is -0.671. The van der Waals surface area contributed by atoms with Gasteiger partial charge in [0, 0.05) is 0 Å². The van der Waals surface area contributed by atoms with Crippen LogP contribution in [-0.2, 0) is 6.18 Å². The molecule has 0 amide bonds. The maximum Gasteiger partial charge on any atom is 0.416 e. The van der Waals surface area contributed by atoms with Crippen LogP contribution in [0.5, 0.6) is 0 Å². The van der Waals surface area contributed by atoms with Gasteiger partial charge in [-0.2, -0.15) is 13.2 Å². The van der Waals surface area contributed by atoms with E-state index in [-0.39, 0.29) is 31.7 Å². The van der Waals surface area contributed by atoms with Crippen molar-refractivity contribution in [3.63, 3.8) is 0 Å². The quantitative estimate of drug-likeness (QED) is 0.481. The maximum absolute atomic E-state index is 12.7. The van der Waals surface area contributed by atoms with Gasteiger partial charge in [0.05, 0.1) is 26.3 Å². The van der Waals surface area contributed by atoms with Gasteiger partial charge in [-0.1, -0.05) is 46.4 Å². The number of halogens is 7. The Morgan fingerprint density at radius 1 is 0.857 bits per heavy atom. The Bertz CT molecular complexity index is 689. The van der Waals surface area contributed by atoms with Crippen LogP contribution >= 0.6 is 46.4 Å². The first kappa shape index (κ1) is 16.5. The molecule has 1 heterocycles. The van der Waals surface area contributed by atoms with Gasteiger partial charge in [-0.15, -0.1) is 0 Å². The van der Waals surface area contributed by atoms with E-state index in [4.69, 9.17) is 46.4 Å².